The van der Waals surface area contributed by atoms with Crippen molar-refractivity contribution in [2.45, 2.75) is 13.8 Å². The van der Waals surface area contributed by atoms with Crippen molar-refractivity contribution in [1.82, 2.24) is 0 Å². The number of hydrazone groups is 1. The maximum atomic E-state index is 12.6. The number of para-hydroxylation sites is 1. The van der Waals surface area contributed by atoms with Crippen LogP contribution in [0.2, 0.25) is 0 Å². The molecule has 7 nitrogen and oxygen atoms in total. The highest BCUT2D eigenvalue weighted by molar-refractivity contribution is 6.50. The van der Waals surface area contributed by atoms with Gasteiger partial charge >= 0.3 is 0 Å². The van der Waals surface area contributed by atoms with Gasteiger partial charge in [0.05, 0.1) is 5.69 Å². The highest BCUT2D eigenvalue weighted by Crippen LogP contribution is 2.23. The largest absolute Gasteiger partial charge is 0.385 e. The van der Waals surface area contributed by atoms with Crippen LogP contribution in [-0.2, 0) is 14.4 Å². The summed E-state index contributed by atoms with van der Waals surface area (Å²) in [5.41, 5.74) is 8.51. The molecule has 0 saturated carbocycles. The van der Waals surface area contributed by atoms with Gasteiger partial charge < -0.3 is 11.1 Å². The van der Waals surface area contributed by atoms with Crippen LogP contribution in [0.5, 0.6) is 0 Å². The molecule has 2 aromatic carbocycles. The minimum Gasteiger partial charge on any atom is -0.385 e. The Morgan fingerprint density at radius 2 is 1.81 bits per heavy atom. The van der Waals surface area contributed by atoms with Crippen molar-refractivity contribution < 1.29 is 14.4 Å². The van der Waals surface area contributed by atoms with Crippen molar-refractivity contribution in [2.24, 2.45) is 16.8 Å². The minimum atomic E-state index is -1.42. The van der Waals surface area contributed by atoms with Crippen LogP contribution in [0, 0.1) is 19.8 Å². The van der Waals surface area contributed by atoms with E-state index in [1.54, 1.807) is 36.4 Å². The zero-order valence-electron chi connectivity index (χ0n) is 14.4. The van der Waals surface area contributed by atoms with Gasteiger partial charge in [-0.1, -0.05) is 30.3 Å². The molecule has 1 heterocycles. The van der Waals surface area contributed by atoms with Crippen LogP contribution in [0.25, 0.3) is 0 Å². The number of hydrogen-bond donors (Lipinski definition) is 2. The first-order valence-electron chi connectivity index (χ1n) is 8.04. The lowest BCUT2D eigenvalue weighted by molar-refractivity contribution is -0.138. The average molecular weight is 350 g/mol. The van der Waals surface area contributed by atoms with Crippen molar-refractivity contribution in [2.75, 3.05) is 10.3 Å². The summed E-state index contributed by atoms with van der Waals surface area (Å²) in [6.07, 6.45) is 0. The van der Waals surface area contributed by atoms with E-state index in [0.29, 0.717) is 11.4 Å². The first-order valence-corrected chi connectivity index (χ1v) is 8.04. The predicted octanol–water partition coefficient (Wildman–Crippen LogP) is 1.75. The fourth-order valence-corrected chi connectivity index (χ4v) is 2.66. The lowest BCUT2D eigenvalue weighted by Gasteiger charge is -2.14. The molecule has 0 fully saturated rings. The van der Waals surface area contributed by atoms with Gasteiger partial charge in [0.2, 0.25) is 5.78 Å². The molecule has 1 aliphatic rings. The van der Waals surface area contributed by atoms with Gasteiger partial charge in [0.15, 0.2) is 5.92 Å². The van der Waals surface area contributed by atoms with Crippen LogP contribution in [0.3, 0.4) is 0 Å². The van der Waals surface area contributed by atoms with E-state index in [9.17, 15) is 14.4 Å². The second-order valence-electron chi connectivity index (χ2n) is 6.08. The summed E-state index contributed by atoms with van der Waals surface area (Å²) in [6, 6.07) is 14.1. The number of ketones is 1. The molecule has 3 N–H and O–H groups in total. The van der Waals surface area contributed by atoms with Gasteiger partial charge in [0.1, 0.15) is 5.84 Å². The van der Waals surface area contributed by atoms with E-state index in [2.05, 4.69) is 10.4 Å². The third-order valence-electron chi connectivity index (χ3n) is 4.09. The zero-order valence-corrected chi connectivity index (χ0v) is 14.4. The summed E-state index contributed by atoms with van der Waals surface area (Å²) in [5, 5.41) is 7.54. The van der Waals surface area contributed by atoms with E-state index in [1.165, 1.54) is 0 Å². The molecule has 7 heteroatoms. The third kappa shape index (κ3) is 3.19. The van der Waals surface area contributed by atoms with Crippen LogP contribution in [0.15, 0.2) is 53.6 Å². The molecule has 0 aliphatic carbocycles. The van der Waals surface area contributed by atoms with E-state index >= 15 is 0 Å². The summed E-state index contributed by atoms with van der Waals surface area (Å²) in [6.45, 7) is 3.69. The predicted molar refractivity (Wildman–Crippen MR) is 98.6 cm³/mol. The van der Waals surface area contributed by atoms with Gasteiger partial charge in [-0.15, -0.1) is 0 Å². The van der Waals surface area contributed by atoms with Crippen molar-refractivity contribution in [1.29, 1.82) is 0 Å². The molecule has 0 saturated heterocycles. The van der Waals surface area contributed by atoms with Gasteiger partial charge in [-0.2, -0.15) is 10.1 Å². The molecular weight excluding hydrogens is 332 g/mol. The smallest absolute Gasteiger partial charge is 0.293 e. The monoisotopic (exact) mass is 350 g/mol. The number of Topliss-reactive ketones (excluding diaryl/α,β-unsaturated/α-hetero) is 1. The first-order chi connectivity index (χ1) is 12.4. The Hall–Kier alpha value is -3.48. The fraction of sp³-hybridized carbons (Fsp3) is 0.158. The van der Waals surface area contributed by atoms with E-state index in [1.807, 2.05) is 26.0 Å². The lowest BCUT2D eigenvalue weighted by atomic mass is 10.0. The summed E-state index contributed by atoms with van der Waals surface area (Å²) in [7, 11) is 0. The number of hydrogen-bond acceptors (Lipinski definition) is 5. The topological polar surface area (TPSA) is 105 Å². The maximum Gasteiger partial charge on any atom is 0.293 e. The molecule has 0 aromatic heterocycles. The zero-order chi connectivity index (χ0) is 18.8. The number of benzene rings is 2. The molecule has 2 amide bonds. The van der Waals surface area contributed by atoms with Gasteiger partial charge in [-0.3, -0.25) is 14.4 Å². The van der Waals surface area contributed by atoms with Crippen molar-refractivity contribution in [3.05, 3.63) is 59.7 Å². The number of nitrogens with zero attached hydrogens (tertiary/aromatic N) is 2. The Morgan fingerprint density at radius 1 is 1.12 bits per heavy atom. The Morgan fingerprint density at radius 3 is 2.50 bits per heavy atom. The van der Waals surface area contributed by atoms with Crippen LogP contribution >= 0.6 is 0 Å². The van der Waals surface area contributed by atoms with Crippen molar-refractivity contribution in [3.63, 3.8) is 0 Å². The van der Waals surface area contributed by atoms with Gasteiger partial charge in [-0.05, 0) is 43.2 Å². The molecule has 0 unspecified atom stereocenters. The van der Waals surface area contributed by atoms with Crippen LogP contribution in [0.4, 0.5) is 11.4 Å². The summed E-state index contributed by atoms with van der Waals surface area (Å²) in [4.78, 5) is 37.4. The molecule has 0 spiro atoms. The second kappa shape index (κ2) is 6.79. The lowest BCUT2D eigenvalue weighted by Crippen LogP contribution is -2.41. The molecule has 2 aromatic rings. The standard InChI is InChI=1S/C19H18N4O3/c1-11-8-9-12(2)14(10-11)21-18(25)16(24)15-17(20)22-23(19(15)26)13-6-4-3-5-7-13/h3-10,15H,1-2H3,(H2,20,22)(H,21,25)/t15-/m0/s1. The molecule has 1 aliphatic heterocycles. The fourth-order valence-electron chi connectivity index (χ4n) is 2.66. The van der Waals surface area contributed by atoms with E-state index in [0.717, 1.165) is 16.1 Å². The van der Waals surface area contributed by atoms with Gasteiger partial charge in [0.25, 0.3) is 11.8 Å². The summed E-state index contributed by atoms with van der Waals surface area (Å²) >= 11 is 0. The molecule has 26 heavy (non-hydrogen) atoms. The summed E-state index contributed by atoms with van der Waals surface area (Å²) in [5.74, 6) is -4.09. The number of anilines is 2. The quantitative estimate of drug-likeness (QED) is 0.647. The molecule has 132 valence electrons. The number of nitrogens with one attached hydrogen (secondary N) is 1. The molecule has 1 atom stereocenters. The van der Waals surface area contributed by atoms with Gasteiger partial charge in [0, 0.05) is 5.69 Å². The number of amides is 2. The average Bonchev–Trinajstić information content (AvgIpc) is 2.92. The van der Waals surface area contributed by atoms with Crippen LogP contribution in [-0.4, -0.2) is 23.4 Å². The second-order valence-corrected chi connectivity index (χ2v) is 6.08. The van der Waals surface area contributed by atoms with E-state index < -0.39 is 23.5 Å². The van der Waals surface area contributed by atoms with E-state index in [4.69, 9.17) is 5.73 Å². The van der Waals surface area contributed by atoms with Crippen molar-refractivity contribution >= 4 is 34.8 Å². The highest BCUT2D eigenvalue weighted by atomic mass is 16.2. The number of amidine groups is 1. The first kappa shape index (κ1) is 17.3. The minimum absolute atomic E-state index is 0.194. The van der Waals surface area contributed by atoms with Gasteiger partial charge in [-0.25, -0.2) is 0 Å². The summed E-state index contributed by atoms with van der Waals surface area (Å²) < 4.78 is 0. The molecular formula is C19H18N4O3. The Balaban J connectivity index is 1.79. The number of rotatable bonds is 4. The number of aryl methyl sites for hydroxylation is 2. The molecule has 0 bridgehead atoms. The van der Waals surface area contributed by atoms with E-state index in [-0.39, 0.29) is 5.84 Å². The highest BCUT2D eigenvalue weighted by Gasteiger charge is 2.43. The maximum absolute atomic E-state index is 12.6. The normalized spacial score (nSPS) is 16.4. The van der Waals surface area contributed by atoms with Crippen LogP contribution in [0.1, 0.15) is 11.1 Å². The Kier molecular flexibility index (Phi) is 4.53. The Labute approximate surface area is 150 Å². The van der Waals surface area contributed by atoms with Crippen molar-refractivity contribution in [3.8, 4) is 0 Å². The molecule has 0 radical (unpaired) electrons. The number of carbonyl (C=O) groups excluding carboxylic acids is 3. The molecule has 3 rings (SSSR count). The Bertz CT molecular complexity index is 922. The number of carbonyl (C=O) groups is 3. The SMILES string of the molecule is Cc1ccc(C)c(NC(=O)C(=O)[C@@H]2C(=O)N(c3ccccc3)N=C2N)c1. The third-order valence-corrected chi connectivity index (χ3v) is 4.09. The number of nitrogens with two attached hydrogens (primary N) is 1. The van der Waals surface area contributed by atoms with Crippen LogP contribution < -0.4 is 16.1 Å².